The van der Waals surface area contributed by atoms with E-state index in [0.717, 1.165) is 16.6 Å². The van der Waals surface area contributed by atoms with Crippen LogP contribution in [0.3, 0.4) is 0 Å². The zero-order chi connectivity index (χ0) is 17.8. The fourth-order valence-electron chi connectivity index (χ4n) is 2.88. The van der Waals surface area contributed by atoms with Crippen LogP contribution in [0.5, 0.6) is 11.5 Å². The van der Waals surface area contributed by atoms with E-state index in [1.807, 2.05) is 17.6 Å². The predicted molar refractivity (Wildman–Crippen MR) is 96.7 cm³/mol. The van der Waals surface area contributed by atoms with Gasteiger partial charge in [-0.2, -0.15) is 0 Å². The molecule has 1 aliphatic heterocycles. The summed E-state index contributed by atoms with van der Waals surface area (Å²) in [6.45, 7) is 0.542. The van der Waals surface area contributed by atoms with Gasteiger partial charge in [0.1, 0.15) is 11.5 Å². The van der Waals surface area contributed by atoms with E-state index in [2.05, 4.69) is 38.9 Å². The second-order valence-electron chi connectivity index (χ2n) is 5.74. The Labute approximate surface area is 153 Å². The lowest BCUT2D eigenvalue weighted by molar-refractivity contribution is -0.123. The van der Waals surface area contributed by atoms with Crippen molar-refractivity contribution in [2.45, 2.75) is 12.0 Å². The molecular weight excluding hydrogens is 388 g/mol. The summed E-state index contributed by atoms with van der Waals surface area (Å²) in [6, 6.07) is 13.1. The number of hydrogen-bond donors (Lipinski definition) is 5. The number of hydrogen-bond acceptors (Lipinski definition) is 6. The second kappa shape index (κ2) is 7.83. The normalized spacial score (nSPS) is 19.6. The average molecular weight is 407 g/mol. The minimum Gasteiger partial charge on any atom is -0.507 e. The first-order valence-electron chi connectivity index (χ1n) is 7.77. The van der Waals surface area contributed by atoms with Gasteiger partial charge < -0.3 is 9.84 Å². The number of hydrazine groups is 2. The van der Waals surface area contributed by atoms with E-state index in [1.54, 1.807) is 12.1 Å². The number of rotatable bonds is 5. The number of nitrogens with two attached hydrogens (primary N) is 1. The van der Waals surface area contributed by atoms with Crippen molar-refractivity contribution in [3.05, 3.63) is 58.1 Å². The highest BCUT2D eigenvalue weighted by atomic mass is 79.9. The van der Waals surface area contributed by atoms with Gasteiger partial charge >= 0.3 is 0 Å². The van der Waals surface area contributed by atoms with Gasteiger partial charge in [-0.1, -0.05) is 34.1 Å². The lowest BCUT2D eigenvalue weighted by Gasteiger charge is -2.20. The molecule has 2 aromatic rings. The zero-order valence-electron chi connectivity index (χ0n) is 13.3. The number of halogens is 1. The molecule has 6 N–H and O–H groups in total. The Hall–Kier alpha value is -2.13. The molecule has 3 rings (SSSR count). The first-order chi connectivity index (χ1) is 12.1. The van der Waals surface area contributed by atoms with Crippen LogP contribution in [0.25, 0.3) is 0 Å². The maximum absolute atomic E-state index is 11.1. The summed E-state index contributed by atoms with van der Waals surface area (Å²) in [6.07, 6.45) is 0. The van der Waals surface area contributed by atoms with Crippen LogP contribution < -0.4 is 26.9 Å². The van der Waals surface area contributed by atoms with Gasteiger partial charge in [-0.15, -0.1) is 0 Å². The summed E-state index contributed by atoms with van der Waals surface area (Å²) in [5.41, 5.74) is 10.3. The molecule has 1 aliphatic rings. The number of amides is 1. The molecule has 1 fully saturated rings. The third kappa shape index (κ3) is 4.10. The number of carbonyl (C=O) groups is 1. The Balaban J connectivity index is 1.78. The number of phenolic OH excluding ortho intramolecular Hbond substituents is 1. The van der Waals surface area contributed by atoms with E-state index < -0.39 is 5.91 Å². The Kier molecular flexibility index (Phi) is 5.54. The van der Waals surface area contributed by atoms with Gasteiger partial charge in [0.25, 0.3) is 5.91 Å². The van der Waals surface area contributed by atoms with Gasteiger partial charge in [0.05, 0.1) is 6.04 Å². The van der Waals surface area contributed by atoms with Crippen LogP contribution in [-0.2, 0) is 4.79 Å². The minimum absolute atomic E-state index is 0.0810. The van der Waals surface area contributed by atoms with E-state index in [9.17, 15) is 9.90 Å². The molecule has 0 aliphatic carbocycles. The summed E-state index contributed by atoms with van der Waals surface area (Å²) in [4.78, 5) is 11.1. The molecule has 7 nitrogen and oxygen atoms in total. The molecule has 132 valence electrons. The molecule has 2 unspecified atom stereocenters. The molecule has 8 heteroatoms. The Bertz CT molecular complexity index is 754. The number of aromatic hydroxyl groups is 1. The van der Waals surface area contributed by atoms with Crippen molar-refractivity contribution in [2.24, 2.45) is 5.84 Å². The number of carbonyl (C=O) groups excluding carboxylic acids is 1. The van der Waals surface area contributed by atoms with Crippen LogP contribution in [0.1, 0.15) is 23.1 Å². The van der Waals surface area contributed by atoms with Gasteiger partial charge in [0.15, 0.2) is 6.61 Å². The van der Waals surface area contributed by atoms with Crippen molar-refractivity contribution in [2.75, 3.05) is 13.2 Å². The molecule has 0 bridgehead atoms. The SMILES string of the molecule is NNC(=O)COc1ccc(C2NNCC2c2ccc(Br)cc2)c(O)c1. The van der Waals surface area contributed by atoms with Crippen LogP contribution in [0, 0.1) is 0 Å². The van der Waals surface area contributed by atoms with Crippen LogP contribution in [-0.4, -0.2) is 24.2 Å². The summed E-state index contributed by atoms with van der Waals surface area (Å²) >= 11 is 3.44. The molecule has 0 spiro atoms. The lowest BCUT2D eigenvalue weighted by Crippen LogP contribution is -2.34. The van der Waals surface area contributed by atoms with Gasteiger partial charge in [-0.3, -0.25) is 15.6 Å². The maximum Gasteiger partial charge on any atom is 0.271 e. The molecule has 25 heavy (non-hydrogen) atoms. The largest absolute Gasteiger partial charge is 0.507 e. The van der Waals surface area contributed by atoms with Crippen molar-refractivity contribution in [1.29, 1.82) is 0 Å². The Morgan fingerprint density at radius 1 is 1.32 bits per heavy atom. The molecule has 2 aromatic carbocycles. The van der Waals surface area contributed by atoms with Crippen LogP contribution in [0.2, 0.25) is 0 Å². The third-order valence-corrected chi connectivity index (χ3v) is 4.68. The van der Waals surface area contributed by atoms with Crippen molar-refractivity contribution in [3.63, 3.8) is 0 Å². The number of benzene rings is 2. The highest BCUT2D eigenvalue weighted by Gasteiger charge is 2.31. The molecule has 1 saturated heterocycles. The Morgan fingerprint density at radius 2 is 2.08 bits per heavy atom. The first-order valence-corrected chi connectivity index (χ1v) is 8.57. The van der Waals surface area contributed by atoms with Gasteiger partial charge in [-0.25, -0.2) is 11.3 Å². The molecule has 0 radical (unpaired) electrons. The van der Waals surface area contributed by atoms with E-state index in [-0.39, 0.29) is 24.3 Å². The zero-order valence-corrected chi connectivity index (χ0v) is 14.9. The maximum atomic E-state index is 11.1. The molecule has 0 saturated carbocycles. The summed E-state index contributed by atoms with van der Waals surface area (Å²) in [7, 11) is 0. The van der Waals surface area contributed by atoms with E-state index in [1.165, 1.54) is 11.6 Å². The average Bonchev–Trinajstić information content (AvgIpc) is 3.09. The van der Waals surface area contributed by atoms with Crippen molar-refractivity contribution < 1.29 is 14.6 Å². The number of ether oxygens (including phenoxy) is 1. The third-order valence-electron chi connectivity index (χ3n) is 4.15. The minimum atomic E-state index is -0.444. The second-order valence-corrected chi connectivity index (χ2v) is 6.65. The summed E-state index contributed by atoms with van der Waals surface area (Å²) < 4.78 is 6.31. The number of nitrogens with one attached hydrogen (secondary N) is 3. The van der Waals surface area contributed by atoms with Crippen LogP contribution in [0.15, 0.2) is 46.9 Å². The van der Waals surface area contributed by atoms with E-state index in [0.29, 0.717) is 5.75 Å². The Morgan fingerprint density at radius 3 is 2.76 bits per heavy atom. The lowest BCUT2D eigenvalue weighted by atomic mass is 9.88. The molecule has 1 heterocycles. The molecule has 1 amide bonds. The highest BCUT2D eigenvalue weighted by molar-refractivity contribution is 9.10. The quantitative estimate of drug-likeness (QED) is 0.292. The monoisotopic (exact) mass is 406 g/mol. The van der Waals surface area contributed by atoms with Crippen molar-refractivity contribution >= 4 is 21.8 Å². The van der Waals surface area contributed by atoms with Gasteiger partial charge in [0.2, 0.25) is 0 Å². The molecule has 0 aromatic heterocycles. The van der Waals surface area contributed by atoms with E-state index in [4.69, 9.17) is 10.6 Å². The molecular formula is C17H19BrN4O3. The summed E-state index contributed by atoms with van der Waals surface area (Å²) in [5, 5.41) is 10.4. The van der Waals surface area contributed by atoms with Crippen molar-refractivity contribution in [1.82, 2.24) is 16.3 Å². The first kappa shape index (κ1) is 17.7. The predicted octanol–water partition coefficient (Wildman–Crippen LogP) is 1.46. The van der Waals surface area contributed by atoms with Gasteiger partial charge in [-0.05, 0) is 23.8 Å². The van der Waals surface area contributed by atoms with E-state index >= 15 is 0 Å². The van der Waals surface area contributed by atoms with Crippen LogP contribution >= 0.6 is 15.9 Å². The standard InChI is InChI=1S/C17H19BrN4O3/c18-11-3-1-10(2-4-11)14-8-20-22-17(14)13-6-5-12(7-15(13)23)25-9-16(24)21-19/h1-7,14,17,20,22-23H,8-9,19H2,(H,21,24). The summed E-state index contributed by atoms with van der Waals surface area (Å²) in [5.74, 6) is 5.24. The van der Waals surface area contributed by atoms with Crippen LogP contribution in [0.4, 0.5) is 0 Å². The fourth-order valence-corrected chi connectivity index (χ4v) is 3.14. The van der Waals surface area contributed by atoms with Crippen molar-refractivity contribution in [3.8, 4) is 11.5 Å². The van der Waals surface area contributed by atoms with Gasteiger partial charge in [0, 0.05) is 28.6 Å². The molecule has 2 atom stereocenters. The highest BCUT2D eigenvalue weighted by Crippen LogP contribution is 2.38. The smallest absolute Gasteiger partial charge is 0.271 e. The topological polar surface area (TPSA) is 109 Å². The fraction of sp³-hybridized carbons (Fsp3) is 0.235. The number of phenols is 1.